The van der Waals surface area contributed by atoms with Gasteiger partial charge in [0.1, 0.15) is 6.61 Å². The smallest absolute Gasteiger partial charge is 0.362 e. The fraction of sp³-hybridized carbons (Fsp3) is 0.750. The molecule has 2 unspecified atom stereocenters. The zero-order chi connectivity index (χ0) is 38.5. The fourth-order valence-corrected chi connectivity index (χ4v) is 5.79. The Balaban J connectivity index is 4.36. The number of nitrogens with zero attached hydrogens (tertiary/aromatic N) is 1. The molecule has 0 amide bonds. The SMILES string of the molecule is CC/C=C/C/C=C/C/C=C/C/C=C/CCCCCCCCC(=O)OC(COCCC(C(=O)O)[N+](C)(C)C)COC(=O)CCCCCCCCCCC. The van der Waals surface area contributed by atoms with Crippen LogP contribution in [0.2, 0.25) is 0 Å². The van der Waals surface area contributed by atoms with Gasteiger partial charge in [-0.2, -0.15) is 0 Å². The van der Waals surface area contributed by atoms with E-state index in [-0.39, 0.29) is 36.2 Å². The highest BCUT2D eigenvalue weighted by Crippen LogP contribution is 2.13. The number of aliphatic carboxylic acids is 1. The van der Waals surface area contributed by atoms with Crippen molar-refractivity contribution in [3.05, 3.63) is 48.6 Å². The van der Waals surface area contributed by atoms with Crippen LogP contribution < -0.4 is 0 Å². The Kier molecular flexibility index (Phi) is 33.5. The zero-order valence-corrected chi connectivity index (χ0v) is 34.0. The summed E-state index contributed by atoms with van der Waals surface area (Å²) < 4.78 is 17.2. The molecule has 0 aliphatic rings. The Morgan fingerprint density at radius 1 is 0.596 bits per heavy atom. The third-order valence-electron chi connectivity index (χ3n) is 8.99. The number of quaternary nitrogens is 1. The lowest BCUT2D eigenvalue weighted by Gasteiger charge is -2.31. The number of esters is 2. The Labute approximate surface area is 318 Å². The molecule has 1 N–H and O–H groups in total. The molecule has 8 heteroatoms. The first kappa shape index (κ1) is 49.3. The van der Waals surface area contributed by atoms with Crippen molar-refractivity contribution in [1.82, 2.24) is 0 Å². The lowest BCUT2D eigenvalue weighted by molar-refractivity contribution is -0.887. The van der Waals surface area contributed by atoms with Crippen LogP contribution in [0, 0.1) is 0 Å². The van der Waals surface area contributed by atoms with Gasteiger partial charge in [0.2, 0.25) is 0 Å². The summed E-state index contributed by atoms with van der Waals surface area (Å²) >= 11 is 0. The van der Waals surface area contributed by atoms with Gasteiger partial charge in [0.25, 0.3) is 0 Å². The molecule has 0 radical (unpaired) electrons. The standard InChI is InChI=1S/C44H77NO7/c1-6-8-10-12-14-16-17-18-19-20-21-22-23-24-25-27-29-31-33-35-43(47)52-40(38-50-37-36-41(44(48)49)45(3,4)5)39-51-42(46)34-32-30-28-26-15-13-11-9-7-2/h8,10,14,16,18-19,21-22,40-41H,6-7,9,11-13,15,17,20,23-39H2,1-5H3/p+1/b10-8+,16-14+,19-18+,22-21+. The summed E-state index contributed by atoms with van der Waals surface area (Å²) in [6.45, 7) is 4.58. The van der Waals surface area contributed by atoms with E-state index in [4.69, 9.17) is 14.2 Å². The minimum absolute atomic E-state index is 0.0554. The largest absolute Gasteiger partial charge is 0.477 e. The van der Waals surface area contributed by atoms with Crippen LogP contribution in [0.1, 0.15) is 162 Å². The molecule has 0 heterocycles. The molecule has 0 aliphatic heterocycles. The highest BCUT2D eigenvalue weighted by atomic mass is 16.6. The highest BCUT2D eigenvalue weighted by molar-refractivity contribution is 5.72. The van der Waals surface area contributed by atoms with E-state index in [1.807, 2.05) is 21.1 Å². The van der Waals surface area contributed by atoms with E-state index in [0.717, 1.165) is 77.0 Å². The summed E-state index contributed by atoms with van der Waals surface area (Å²) in [7, 11) is 5.51. The van der Waals surface area contributed by atoms with Crippen molar-refractivity contribution >= 4 is 17.9 Å². The van der Waals surface area contributed by atoms with Crippen molar-refractivity contribution in [2.75, 3.05) is 41.0 Å². The van der Waals surface area contributed by atoms with E-state index >= 15 is 0 Å². The van der Waals surface area contributed by atoms with Crippen LogP contribution in [-0.2, 0) is 28.6 Å². The van der Waals surface area contributed by atoms with Crippen LogP contribution in [0.25, 0.3) is 0 Å². The number of carbonyl (C=O) groups excluding carboxylic acids is 2. The van der Waals surface area contributed by atoms with Gasteiger partial charge in [-0.05, 0) is 51.4 Å². The Bertz CT molecular complexity index is 995. The van der Waals surface area contributed by atoms with Crippen molar-refractivity contribution in [3.63, 3.8) is 0 Å². The summed E-state index contributed by atoms with van der Waals surface area (Å²) in [5.41, 5.74) is 0. The highest BCUT2D eigenvalue weighted by Gasteiger charge is 2.31. The van der Waals surface area contributed by atoms with Gasteiger partial charge >= 0.3 is 17.9 Å². The average molecular weight is 733 g/mol. The van der Waals surface area contributed by atoms with Gasteiger partial charge in [0.05, 0.1) is 34.4 Å². The van der Waals surface area contributed by atoms with Gasteiger partial charge in [-0.25, -0.2) is 4.79 Å². The first-order valence-electron chi connectivity index (χ1n) is 20.7. The number of carboxylic acids is 1. The second kappa shape index (κ2) is 35.3. The Morgan fingerprint density at radius 3 is 1.60 bits per heavy atom. The number of ether oxygens (including phenoxy) is 3. The van der Waals surface area contributed by atoms with Crippen LogP contribution in [-0.4, -0.2) is 80.6 Å². The monoisotopic (exact) mass is 733 g/mol. The molecule has 0 saturated heterocycles. The average Bonchev–Trinajstić information content (AvgIpc) is 3.09. The third-order valence-corrected chi connectivity index (χ3v) is 8.99. The second-order valence-corrected chi connectivity index (χ2v) is 14.9. The molecule has 0 saturated carbocycles. The molecule has 300 valence electrons. The number of unbranched alkanes of at least 4 members (excludes halogenated alkanes) is 14. The van der Waals surface area contributed by atoms with E-state index in [1.165, 1.54) is 51.4 Å². The number of rotatable bonds is 36. The van der Waals surface area contributed by atoms with E-state index in [0.29, 0.717) is 19.3 Å². The number of allylic oxidation sites excluding steroid dienone is 8. The maximum Gasteiger partial charge on any atom is 0.362 e. The number of hydrogen-bond donors (Lipinski definition) is 1. The second-order valence-electron chi connectivity index (χ2n) is 14.9. The van der Waals surface area contributed by atoms with Gasteiger partial charge in [-0.1, -0.05) is 140 Å². The third kappa shape index (κ3) is 33.1. The summed E-state index contributed by atoms with van der Waals surface area (Å²) in [6, 6.07) is -0.616. The van der Waals surface area contributed by atoms with Gasteiger partial charge in [-0.15, -0.1) is 0 Å². The number of likely N-dealkylation sites (N-methyl/N-ethyl adjacent to an activating group) is 1. The first-order chi connectivity index (χ1) is 25.1. The van der Waals surface area contributed by atoms with Crippen LogP contribution in [0.5, 0.6) is 0 Å². The predicted molar refractivity (Wildman–Crippen MR) is 215 cm³/mol. The van der Waals surface area contributed by atoms with E-state index in [2.05, 4.69) is 62.5 Å². The molecule has 0 spiro atoms. The molecule has 0 aromatic carbocycles. The summed E-state index contributed by atoms with van der Waals surface area (Å²) in [5.74, 6) is -1.49. The van der Waals surface area contributed by atoms with Crippen molar-refractivity contribution in [2.24, 2.45) is 0 Å². The minimum atomic E-state index is -0.879. The normalized spacial score (nSPS) is 13.5. The molecule has 2 atom stereocenters. The lowest BCUT2D eigenvalue weighted by Crippen LogP contribution is -2.50. The molecule has 0 fully saturated rings. The minimum Gasteiger partial charge on any atom is -0.477 e. The van der Waals surface area contributed by atoms with E-state index in [1.54, 1.807) is 0 Å². The van der Waals surface area contributed by atoms with Crippen LogP contribution in [0.3, 0.4) is 0 Å². The molecular formula is C44H78NO7+. The molecule has 0 aliphatic carbocycles. The zero-order valence-electron chi connectivity index (χ0n) is 34.0. The number of carboxylic acid groups (broad SMARTS) is 1. The van der Waals surface area contributed by atoms with Gasteiger partial charge < -0.3 is 23.8 Å². The maximum atomic E-state index is 12.7. The summed E-state index contributed by atoms with van der Waals surface area (Å²) in [6.07, 6.45) is 40.1. The number of carbonyl (C=O) groups is 3. The quantitative estimate of drug-likeness (QED) is 0.0296. The van der Waals surface area contributed by atoms with E-state index < -0.39 is 18.1 Å². The Hall–Kier alpha value is -2.71. The van der Waals surface area contributed by atoms with Gasteiger partial charge in [0.15, 0.2) is 12.1 Å². The fourth-order valence-electron chi connectivity index (χ4n) is 5.79. The molecule has 0 aromatic heterocycles. The van der Waals surface area contributed by atoms with Crippen molar-refractivity contribution < 1.29 is 38.2 Å². The molecule has 0 bridgehead atoms. The maximum absolute atomic E-state index is 12.7. The topological polar surface area (TPSA) is 99.1 Å². The molecule has 52 heavy (non-hydrogen) atoms. The number of hydrogen-bond acceptors (Lipinski definition) is 6. The van der Waals surface area contributed by atoms with Gasteiger partial charge in [-0.3, -0.25) is 9.59 Å². The Morgan fingerprint density at radius 2 is 1.08 bits per heavy atom. The van der Waals surface area contributed by atoms with Crippen molar-refractivity contribution in [2.45, 2.75) is 174 Å². The van der Waals surface area contributed by atoms with Crippen molar-refractivity contribution in [1.29, 1.82) is 0 Å². The summed E-state index contributed by atoms with van der Waals surface area (Å²) in [4.78, 5) is 36.8. The van der Waals surface area contributed by atoms with Crippen LogP contribution >= 0.6 is 0 Å². The summed E-state index contributed by atoms with van der Waals surface area (Å²) in [5, 5.41) is 9.59. The molecular weight excluding hydrogens is 654 g/mol. The van der Waals surface area contributed by atoms with Gasteiger partial charge in [0, 0.05) is 19.3 Å². The van der Waals surface area contributed by atoms with E-state index in [9.17, 15) is 19.5 Å². The predicted octanol–water partition coefficient (Wildman–Crippen LogP) is 10.9. The van der Waals surface area contributed by atoms with Crippen LogP contribution in [0.15, 0.2) is 48.6 Å². The van der Waals surface area contributed by atoms with Crippen molar-refractivity contribution in [3.8, 4) is 0 Å². The molecule has 8 nitrogen and oxygen atoms in total. The molecule has 0 aromatic rings. The molecule has 0 rings (SSSR count). The van der Waals surface area contributed by atoms with Crippen LogP contribution in [0.4, 0.5) is 0 Å². The first-order valence-corrected chi connectivity index (χ1v) is 20.7. The lowest BCUT2D eigenvalue weighted by atomic mass is 10.1.